The molecule has 0 aliphatic heterocycles. The molecule has 3 nitrogen and oxygen atoms in total. The molecule has 0 bridgehead atoms. The van der Waals surface area contributed by atoms with E-state index in [1.165, 1.54) is 12.0 Å². The summed E-state index contributed by atoms with van der Waals surface area (Å²) in [6, 6.07) is 10.7. The Bertz CT molecular complexity index is 316. The maximum Gasteiger partial charge on any atom is 0.0709 e. The molecular formula is C16H28N2O. The van der Waals surface area contributed by atoms with Gasteiger partial charge in [0.15, 0.2) is 0 Å². The molecule has 0 spiro atoms. The molecule has 0 saturated carbocycles. The predicted octanol–water partition coefficient (Wildman–Crippen LogP) is 2.30. The fourth-order valence-corrected chi connectivity index (χ4v) is 2.18. The molecule has 1 atom stereocenters. The van der Waals surface area contributed by atoms with Crippen LogP contribution < -0.4 is 5.73 Å². The zero-order chi connectivity index (χ0) is 13.9. The second-order valence-electron chi connectivity index (χ2n) is 4.99. The van der Waals surface area contributed by atoms with Crippen LogP contribution in [-0.2, 0) is 11.2 Å². The van der Waals surface area contributed by atoms with Crippen molar-refractivity contribution in [1.82, 2.24) is 4.90 Å². The van der Waals surface area contributed by atoms with Crippen molar-refractivity contribution in [3.63, 3.8) is 0 Å². The van der Waals surface area contributed by atoms with Gasteiger partial charge in [0, 0.05) is 19.7 Å². The zero-order valence-electron chi connectivity index (χ0n) is 12.3. The Morgan fingerprint density at radius 2 is 1.95 bits per heavy atom. The van der Waals surface area contributed by atoms with Gasteiger partial charge in [0.25, 0.3) is 0 Å². The number of benzene rings is 1. The third-order valence-corrected chi connectivity index (χ3v) is 3.35. The highest BCUT2D eigenvalue weighted by molar-refractivity contribution is 5.14. The number of ether oxygens (including phenoxy) is 1. The summed E-state index contributed by atoms with van der Waals surface area (Å²) in [6.07, 6.45) is 3.58. The van der Waals surface area contributed by atoms with E-state index >= 15 is 0 Å². The molecule has 1 rings (SSSR count). The van der Waals surface area contributed by atoms with Crippen LogP contribution in [0, 0.1) is 0 Å². The average Bonchev–Trinajstić information content (AvgIpc) is 2.44. The summed E-state index contributed by atoms with van der Waals surface area (Å²) in [5.74, 6) is 0. The van der Waals surface area contributed by atoms with Gasteiger partial charge in [-0.1, -0.05) is 30.3 Å². The van der Waals surface area contributed by atoms with Crippen molar-refractivity contribution in [2.24, 2.45) is 5.73 Å². The zero-order valence-corrected chi connectivity index (χ0v) is 12.3. The first-order valence-corrected chi connectivity index (χ1v) is 7.30. The molecule has 2 N–H and O–H groups in total. The lowest BCUT2D eigenvalue weighted by Crippen LogP contribution is -2.30. The largest absolute Gasteiger partial charge is 0.377 e. The highest BCUT2D eigenvalue weighted by atomic mass is 16.5. The molecule has 1 aromatic carbocycles. The van der Waals surface area contributed by atoms with Gasteiger partial charge in [-0.3, -0.25) is 0 Å². The van der Waals surface area contributed by atoms with Crippen LogP contribution in [0.25, 0.3) is 0 Å². The SMILES string of the molecule is CCOC(CN)CCN(C)CCCc1ccccc1. The van der Waals surface area contributed by atoms with Crippen molar-refractivity contribution >= 4 is 0 Å². The molecule has 19 heavy (non-hydrogen) atoms. The van der Waals surface area contributed by atoms with E-state index in [-0.39, 0.29) is 6.10 Å². The van der Waals surface area contributed by atoms with Crippen LogP contribution in [0.2, 0.25) is 0 Å². The van der Waals surface area contributed by atoms with Gasteiger partial charge in [0.05, 0.1) is 6.10 Å². The summed E-state index contributed by atoms with van der Waals surface area (Å²) in [6.45, 7) is 5.56. The Balaban J connectivity index is 2.12. The van der Waals surface area contributed by atoms with E-state index in [2.05, 4.69) is 42.3 Å². The minimum absolute atomic E-state index is 0.210. The smallest absolute Gasteiger partial charge is 0.0709 e. The van der Waals surface area contributed by atoms with Gasteiger partial charge in [-0.2, -0.15) is 0 Å². The maximum atomic E-state index is 5.68. The van der Waals surface area contributed by atoms with E-state index in [1.54, 1.807) is 0 Å². The Morgan fingerprint density at radius 3 is 2.58 bits per heavy atom. The quantitative estimate of drug-likeness (QED) is 0.705. The van der Waals surface area contributed by atoms with Crippen molar-refractivity contribution in [2.75, 3.05) is 33.3 Å². The number of rotatable bonds is 10. The standard InChI is InChI=1S/C16H28N2O/c1-3-19-16(14-17)11-13-18(2)12-7-10-15-8-5-4-6-9-15/h4-6,8-9,16H,3,7,10-14,17H2,1-2H3. The molecule has 0 aliphatic carbocycles. The van der Waals surface area contributed by atoms with Crippen LogP contribution in [0.4, 0.5) is 0 Å². The van der Waals surface area contributed by atoms with Crippen molar-refractivity contribution in [3.8, 4) is 0 Å². The number of nitrogens with two attached hydrogens (primary N) is 1. The lowest BCUT2D eigenvalue weighted by Gasteiger charge is -2.20. The van der Waals surface area contributed by atoms with E-state index in [0.29, 0.717) is 6.54 Å². The van der Waals surface area contributed by atoms with Crippen molar-refractivity contribution in [1.29, 1.82) is 0 Å². The summed E-state index contributed by atoms with van der Waals surface area (Å²) in [5.41, 5.74) is 7.10. The van der Waals surface area contributed by atoms with Crippen LogP contribution in [0.15, 0.2) is 30.3 Å². The van der Waals surface area contributed by atoms with Gasteiger partial charge < -0.3 is 15.4 Å². The number of hydrogen-bond acceptors (Lipinski definition) is 3. The minimum Gasteiger partial charge on any atom is -0.377 e. The van der Waals surface area contributed by atoms with Gasteiger partial charge in [-0.25, -0.2) is 0 Å². The first kappa shape index (κ1) is 16.2. The van der Waals surface area contributed by atoms with Gasteiger partial charge in [-0.15, -0.1) is 0 Å². The van der Waals surface area contributed by atoms with Crippen LogP contribution in [-0.4, -0.2) is 44.3 Å². The van der Waals surface area contributed by atoms with Crippen LogP contribution in [0.3, 0.4) is 0 Å². The molecule has 0 amide bonds. The summed E-state index contributed by atoms with van der Waals surface area (Å²) in [5, 5.41) is 0. The van der Waals surface area contributed by atoms with E-state index < -0.39 is 0 Å². The molecule has 0 aliphatic rings. The molecule has 0 aromatic heterocycles. The lowest BCUT2D eigenvalue weighted by atomic mass is 10.1. The Morgan fingerprint density at radius 1 is 1.21 bits per heavy atom. The second kappa shape index (κ2) is 9.96. The van der Waals surface area contributed by atoms with Crippen molar-refractivity contribution in [3.05, 3.63) is 35.9 Å². The molecule has 0 fully saturated rings. The third-order valence-electron chi connectivity index (χ3n) is 3.35. The summed E-state index contributed by atoms with van der Waals surface area (Å²) in [7, 11) is 2.17. The first-order chi connectivity index (χ1) is 9.26. The van der Waals surface area contributed by atoms with Gasteiger partial charge in [0.1, 0.15) is 0 Å². The molecular weight excluding hydrogens is 236 g/mol. The summed E-state index contributed by atoms with van der Waals surface area (Å²) in [4.78, 5) is 2.37. The lowest BCUT2D eigenvalue weighted by molar-refractivity contribution is 0.0563. The Labute approximate surface area is 117 Å². The number of hydrogen-bond donors (Lipinski definition) is 1. The Kier molecular flexibility index (Phi) is 8.47. The van der Waals surface area contributed by atoms with Gasteiger partial charge in [-0.05, 0) is 45.3 Å². The monoisotopic (exact) mass is 264 g/mol. The predicted molar refractivity (Wildman–Crippen MR) is 81.3 cm³/mol. The molecule has 0 saturated heterocycles. The third kappa shape index (κ3) is 7.31. The van der Waals surface area contributed by atoms with Gasteiger partial charge >= 0.3 is 0 Å². The minimum atomic E-state index is 0.210. The molecule has 3 heteroatoms. The summed E-state index contributed by atoms with van der Waals surface area (Å²) < 4.78 is 5.56. The first-order valence-electron chi connectivity index (χ1n) is 7.30. The van der Waals surface area contributed by atoms with Crippen LogP contribution in [0.5, 0.6) is 0 Å². The molecule has 0 heterocycles. The summed E-state index contributed by atoms with van der Waals surface area (Å²) >= 11 is 0. The van der Waals surface area contributed by atoms with Crippen LogP contribution in [0.1, 0.15) is 25.3 Å². The fraction of sp³-hybridized carbons (Fsp3) is 0.625. The molecule has 1 unspecified atom stereocenters. The van der Waals surface area contributed by atoms with E-state index in [4.69, 9.17) is 10.5 Å². The number of aryl methyl sites for hydroxylation is 1. The van der Waals surface area contributed by atoms with Crippen molar-refractivity contribution in [2.45, 2.75) is 32.3 Å². The number of nitrogens with zero attached hydrogens (tertiary/aromatic N) is 1. The highest BCUT2D eigenvalue weighted by Crippen LogP contribution is 2.04. The Hall–Kier alpha value is -0.900. The maximum absolute atomic E-state index is 5.68. The van der Waals surface area contributed by atoms with E-state index in [9.17, 15) is 0 Å². The molecule has 108 valence electrons. The van der Waals surface area contributed by atoms with Gasteiger partial charge in [0.2, 0.25) is 0 Å². The average molecular weight is 264 g/mol. The van der Waals surface area contributed by atoms with Crippen LogP contribution >= 0.6 is 0 Å². The molecule has 0 radical (unpaired) electrons. The second-order valence-corrected chi connectivity index (χ2v) is 4.99. The van der Waals surface area contributed by atoms with E-state index in [1.807, 2.05) is 6.92 Å². The van der Waals surface area contributed by atoms with Crippen molar-refractivity contribution < 1.29 is 4.74 Å². The highest BCUT2D eigenvalue weighted by Gasteiger charge is 2.07. The van der Waals surface area contributed by atoms with E-state index in [0.717, 1.165) is 32.5 Å². The fourth-order valence-electron chi connectivity index (χ4n) is 2.18. The topological polar surface area (TPSA) is 38.5 Å². The normalized spacial score (nSPS) is 12.8. The molecule has 1 aromatic rings.